The van der Waals surface area contributed by atoms with Crippen LogP contribution >= 0.6 is 0 Å². The average molecular weight is 537 g/mol. The number of amides is 1. The van der Waals surface area contributed by atoms with Crippen LogP contribution in [0.2, 0.25) is 0 Å². The van der Waals surface area contributed by atoms with Crippen molar-refractivity contribution in [3.05, 3.63) is 113 Å². The SMILES string of the molecule is C.CNC(=O)c1c(-c2ccc(F)cc2)oc2ccc(-c3cccc(C(=O)CC(C)(C)c4cccc(C)n4)c3)cc12. The Hall–Kier alpha value is -4.58. The van der Waals surface area contributed by atoms with E-state index in [9.17, 15) is 14.0 Å². The summed E-state index contributed by atoms with van der Waals surface area (Å²) >= 11 is 0. The smallest absolute Gasteiger partial charge is 0.255 e. The molecule has 1 amide bonds. The summed E-state index contributed by atoms with van der Waals surface area (Å²) in [7, 11) is 1.56. The predicted molar refractivity (Wildman–Crippen MR) is 158 cm³/mol. The molecule has 0 aliphatic heterocycles. The molecule has 2 aromatic heterocycles. The first kappa shape index (κ1) is 28.4. The first-order valence-corrected chi connectivity index (χ1v) is 12.8. The van der Waals surface area contributed by atoms with Gasteiger partial charge in [0.1, 0.15) is 17.2 Å². The Morgan fingerprint density at radius 1 is 0.900 bits per heavy atom. The maximum Gasteiger partial charge on any atom is 0.255 e. The summed E-state index contributed by atoms with van der Waals surface area (Å²) in [5, 5.41) is 3.31. The zero-order valence-electron chi connectivity index (χ0n) is 22.3. The Kier molecular flexibility index (Phi) is 8.01. The number of furan rings is 1. The van der Waals surface area contributed by atoms with Gasteiger partial charge in [-0.3, -0.25) is 14.6 Å². The van der Waals surface area contributed by atoms with E-state index in [1.165, 1.54) is 12.1 Å². The van der Waals surface area contributed by atoms with E-state index in [-0.39, 0.29) is 24.9 Å². The molecule has 1 N–H and O–H groups in total. The molecule has 5 nitrogen and oxygen atoms in total. The summed E-state index contributed by atoms with van der Waals surface area (Å²) in [4.78, 5) is 30.9. The van der Waals surface area contributed by atoms with Crippen molar-refractivity contribution in [3.8, 4) is 22.5 Å². The van der Waals surface area contributed by atoms with Gasteiger partial charge in [-0.05, 0) is 72.6 Å². The van der Waals surface area contributed by atoms with Crippen molar-refractivity contribution in [2.45, 2.75) is 40.0 Å². The third-order valence-corrected chi connectivity index (χ3v) is 6.95. The minimum Gasteiger partial charge on any atom is -0.455 e. The normalized spacial score (nSPS) is 11.2. The first-order valence-electron chi connectivity index (χ1n) is 12.8. The molecule has 5 aromatic rings. The number of nitrogens with one attached hydrogen (secondary N) is 1. The number of ketones is 1. The standard InChI is InChI=1S/C33H29FN2O3.CH4/c1-20-7-5-10-29(36-20)33(2,3)19-27(37)24-9-6-8-22(17-24)23-13-16-28-26(18-23)30(32(38)35-4)31(39-28)21-11-14-25(34)15-12-21;/h5-18H,19H2,1-4H3,(H,35,38);1H4. The molecule has 3 aromatic carbocycles. The van der Waals surface area contributed by atoms with Crippen molar-refractivity contribution in [3.63, 3.8) is 0 Å². The Morgan fingerprint density at radius 3 is 2.27 bits per heavy atom. The first-order chi connectivity index (χ1) is 18.7. The molecule has 0 unspecified atom stereocenters. The molecule has 0 radical (unpaired) electrons. The van der Waals surface area contributed by atoms with E-state index in [1.807, 2.05) is 81.4 Å². The summed E-state index contributed by atoms with van der Waals surface area (Å²) in [5.41, 5.74) is 5.20. The molecule has 0 fully saturated rings. The number of hydrogen-bond donors (Lipinski definition) is 1. The molecule has 0 atom stereocenters. The quantitative estimate of drug-likeness (QED) is 0.213. The van der Waals surface area contributed by atoms with Crippen LogP contribution in [0.15, 0.2) is 89.3 Å². The molecule has 204 valence electrons. The van der Waals surface area contributed by atoms with E-state index in [0.29, 0.717) is 39.8 Å². The van der Waals surface area contributed by atoms with Crippen molar-refractivity contribution in [2.75, 3.05) is 7.05 Å². The van der Waals surface area contributed by atoms with Crippen LogP contribution in [0.4, 0.5) is 4.39 Å². The maximum absolute atomic E-state index is 13.5. The van der Waals surface area contributed by atoms with Crippen molar-refractivity contribution in [2.24, 2.45) is 0 Å². The number of halogens is 1. The molecule has 6 heteroatoms. The Labute approximate surface area is 234 Å². The third kappa shape index (κ3) is 5.57. The number of rotatable bonds is 7. The highest BCUT2D eigenvalue weighted by Crippen LogP contribution is 2.36. The van der Waals surface area contributed by atoms with Crippen LogP contribution in [0, 0.1) is 12.7 Å². The topological polar surface area (TPSA) is 72.2 Å². The lowest BCUT2D eigenvalue weighted by molar-refractivity contribution is 0.0951. The van der Waals surface area contributed by atoms with Gasteiger partial charge in [-0.1, -0.05) is 51.6 Å². The van der Waals surface area contributed by atoms with Gasteiger partial charge in [0.2, 0.25) is 0 Å². The van der Waals surface area contributed by atoms with Gasteiger partial charge in [-0.2, -0.15) is 0 Å². The number of aromatic nitrogens is 1. The third-order valence-electron chi connectivity index (χ3n) is 6.95. The number of benzene rings is 3. The van der Waals surface area contributed by atoms with Crippen molar-refractivity contribution >= 4 is 22.7 Å². The number of aryl methyl sites for hydroxylation is 1. The van der Waals surface area contributed by atoms with Crippen LogP contribution in [0.3, 0.4) is 0 Å². The zero-order valence-corrected chi connectivity index (χ0v) is 22.3. The van der Waals surface area contributed by atoms with Crippen LogP contribution in [-0.4, -0.2) is 23.7 Å². The molecule has 0 aliphatic carbocycles. The molecular weight excluding hydrogens is 503 g/mol. The Morgan fingerprint density at radius 2 is 1.57 bits per heavy atom. The maximum atomic E-state index is 13.5. The van der Waals surface area contributed by atoms with Gasteiger partial charge in [-0.15, -0.1) is 0 Å². The Balaban J connectivity index is 0.00000370. The minimum atomic E-state index is -0.423. The van der Waals surface area contributed by atoms with Gasteiger partial charge in [0, 0.05) is 46.8 Å². The van der Waals surface area contributed by atoms with Crippen molar-refractivity contribution < 1.29 is 18.4 Å². The number of hydrogen-bond acceptors (Lipinski definition) is 4. The van der Waals surface area contributed by atoms with Crippen molar-refractivity contribution in [1.29, 1.82) is 0 Å². The highest BCUT2D eigenvalue weighted by atomic mass is 19.1. The number of nitrogens with zero attached hydrogens (tertiary/aromatic N) is 1. The number of Topliss-reactive ketones (excluding diaryl/α,β-unsaturated/α-hetero) is 1. The number of carbonyl (C=O) groups is 2. The molecule has 0 spiro atoms. The fraction of sp³-hybridized carbons (Fsp3) is 0.206. The highest BCUT2D eigenvalue weighted by molar-refractivity contribution is 6.12. The molecule has 0 bridgehead atoms. The monoisotopic (exact) mass is 536 g/mol. The fourth-order valence-corrected chi connectivity index (χ4v) is 4.82. The second kappa shape index (κ2) is 11.3. The largest absolute Gasteiger partial charge is 0.455 e. The molecule has 5 rings (SSSR count). The molecule has 2 heterocycles. The zero-order chi connectivity index (χ0) is 27.7. The van der Waals surface area contributed by atoms with Crippen LogP contribution in [0.1, 0.15) is 59.8 Å². The van der Waals surface area contributed by atoms with Crippen LogP contribution < -0.4 is 5.32 Å². The van der Waals surface area contributed by atoms with Crippen molar-refractivity contribution in [1.82, 2.24) is 10.3 Å². The molecule has 0 saturated heterocycles. The van der Waals surface area contributed by atoms with Gasteiger partial charge in [0.25, 0.3) is 5.91 Å². The predicted octanol–water partition coefficient (Wildman–Crippen LogP) is 8.16. The lowest BCUT2D eigenvalue weighted by Gasteiger charge is -2.23. The summed E-state index contributed by atoms with van der Waals surface area (Å²) in [6.07, 6.45) is 0.315. The summed E-state index contributed by atoms with van der Waals surface area (Å²) in [6.45, 7) is 6.00. The van der Waals surface area contributed by atoms with Gasteiger partial charge in [0.05, 0.1) is 5.56 Å². The fourth-order valence-electron chi connectivity index (χ4n) is 4.82. The Bertz CT molecular complexity index is 1700. The van der Waals surface area contributed by atoms with Gasteiger partial charge >= 0.3 is 0 Å². The van der Waals surface area contributed by atoms with E-state index < -0.39 is 5.41 Å². The van der Waals surface area contributed by atoms with Gasteiger partial charge < -0.3 is 9.73 Å². The van der Waals surface area contributed by atoms with E-state index in [4.69, 9.17) is 4.42 Å². The minimum absolute atomic E-state index is 0. The van der Waals surface area contributed by atoms with Crippen LogP contribution in [0.25, 0.3) is 33.4 Å². The van der Waals surface area contributed by atoms with Gasteiger partial charge in [0.15, 0.2) is 5.78 Å². The van der Waals surface area contributed by atoms with Crippen LogP contribution in [0.5, 0.6) is 0 Å². The lowest BCUT2D eigenvalue weighted by atomic mass is 9.81. The molecule has 0 saturated carbocycles. The number of fused-ring (bicyclic) bond motifs is 1. The number of pyridine rings is 1. The second-order valence-corrected chi connectivity index (χ2v) is 10.3. The number of carbonyl (C=O) groups excluding carboxylic acids is 2. The second-order valence-electron chi connectivity index (χ2n) is 10.3. The van der Waals surface area contributed by atoms with E-state index in [1.54, 1.807) is 19.2 Å². The van der Waals surface area contributed by atoms with E-state index in [2.05, 4.69) is 10.3 Å². The lowest BCUT2D eigenvalue weighted by Crippen LogP contribution is -2.23. The molecular formula is C34H33FN2O3. The van der Waals surface area contributed by atoms with Crippen LogP contribution in [-0.2, 0) is 5.41 Å². The summed E-state index contributed by atoms with van der Waals surface area (Å²) in [5.74, 6) is -0.274. The van der Waals surface area contributed by atoms with E-state index in [0.717, 1.165) is 22.5 Å². The molecule has 40 heavy (non-hydrogen) atoms. The van der Waals surface area contributed by atoms with E-state index >= 15 is 0 Å². The summed E-state index contributed by atoms with van der Waals surface area (Å²) in [6, 6.07) is 24.8. The average Bonchev–Trinajstić information content (AvgIpc) is 3.31. The van der Waals surface area contributed by atoms with Gasteiger partial charge in [-0.25, -0.2) is 4.39 Å². The summed E-state index contributed by atoms with van der Waals surface area (Å²) < 4.78 is 19.6. The highest BCUT2D eigenvalue weighted by Gasteiger charge is 2.27. The molecule has 0 aliphatic rings.